The summed E-state index contributed by atoms with van der Waals surface area (Å²) >= 11 is 0. The molecule has 0 radical (unpaired) electrons. The van der Waals surface area contributed by atoms with Crippen molar-refractivity contribution in [1.29, 1.82) is 0 Å². The molecular formula is C18H16N8O6. The highest BCUT2D eigenvalue weighted by molar-refractivity contribution is 5.99. The number of aromatic nitrogens is 5. The molecule has 8 N–H and O–H groups in total. The zero-order chi connectivity index (χ0) is 23.2. The maximum absolute atomic E-state index is 13.0. The van der Waals surface area contributed by atoms with Crippen LogP contribution in [0.5, 0.6) is 17.2 Å². The molecule has 0 fully saturated rings. The van der Waals surface area contributed by atoms with Crippen LogP contribution in [0.1, 0.15) is 10.4 Å². The van der Waals surface area contributed by atoms with Gasteiger partial charge in [0.15, 0.2) is 11.5 Å². The first kappa shape index (κ1) is 20.3. The molecule has 14 heteroatoms. The molecule has 0 unspecified atom stereocenters. The molecule has 32 heavy (non-hydrogen) atoms. The van der Waals surface area contributed by atoms with E-state index in [4.69, 9.17) is 5.73 Å². The van der Waals surface area contributed by atoms with E-state index in [0.29, 0.717) is 5.82 Å². The number of rotatable bonds is 5. The molecule has 0 atom stereocenters. The summed E-state index contributed by atoms with van der Waals surface area (Å²) in [5.74, 6) is -3.65. The Hall–Kier alpha value is -5.01. The number of carbonyl (C=O) groups is 1. The molecule has 0 saturated carbocycles. The van der Waals surface area contributed by atoms with Crippen molar-refractivity contribution in [2.24, 2.45) is 5.73 Å². The van der Waals surface area contributed by atoms with Gasteiger partial charge in [-0.3, -0.25) is 19.0 Å². The van der Waals surface area contributed by atoms with Gasteiger partial charge >= 0.3 is 0 Å². The van der Waals surface area contributed by atoms with E-state index >= 15 is 0 Å². The molecule has 1 amide bonds. The summed E-state index contributed by atoms with van der Waals surface area (Å²) in [6.45, 7) is 0. The van der Waals surface area contributed by atoms with Crippen LogP contribution in [0, 0.1) is 0 Å². The normalized spacial score (nSPS) is 10.9. The Morgan fingerprint density at radius 2 is 1.94 bits per heavy atom. The molecule has 0 aliphatic rings. The summed E-state index contributed by atoms with van der Waals surface area (Å²) in [5.41, 5.74) is 3.70. The number of hydrogen-bond donors (Lipinski definition) is 7. The number of hydrogen-bond acceptors (Lipinski definition) is 10. The molecule has 0 bridgehead atoms. The number of H-pyrrole nitrogens is 1. The van der Waals surface area contributed by atoms with Crippen LogP contribution >= 0.6 is 0 Å². The minimum absolute atomic E-state index is 0.0284. The summed E-state index contributed by atoms with van der Waals surface area (Å²) in [4.78, 5) is 42.8. The molecule has 14 nitrogen and oxygen atoms in total. The van der Waals surface area contributed by atoms with Gasteiger partial charge < -0.3 is 36.7 Å². The lowest BCUT2D eigenvalue weighted by atomic mass is 10.3. The zero-order valence-corrected chi connectivity index (χ0v) is 16.3. The van der Waals surface area contributed by atoms with E-state index in [1.54, 1.807) is 7.05 Å². The Morgan fingerprint density at radius 3 is 2.62 bits per heavy atom. The van der Waals surface area contributed by atoms with Crippen molar-refractivity contribution in [3.05, 3.63) is 56.9 Å². The van der Waals surface area contributed by atoms with E-state index in [2.05, 4.69) is 25.7 Å². The van der Waals surface area contributed by atoms with E-state index in [-0.39, 0.29) is 22.7 Å². The van der Waals surface area contributed by atoms with Gasteiger partial charge in [-0.15, -0.1) is 0 Å². The monoisotopic (exact) mass is 440 g/mol. The van der Waals surface area contributed by atoms with E-state index in [9.17, 15) is 29.7 Å². The lowest BCUT2D eigenvalue weighted by Crippen LogP contribution is -2.23. The van der Waals surface area contributed by atoms with Gasteiger partial charge in [-0.05, 0) is 12.1 Å². The maximum atomic E-state index is 13.0. The highest BCUT2D eigenvalue weighted by atomic mass is 16.3. The molecule has 0 spiro atoms. The van der Waals surface area contributed by atoms with Crippen molar-refractivity contribution < 1.29 is 20.1 Å². The van der Waals surface area contributed by atoms with Gasteiger partial charge in [0, 0.05) is 19.3 Å². The number of carbonyl (C=O) groups excluding carboxylic acids is 1. The van der Waals surface area contributed by atoms with E-state index in [1.165, 1.54) is 35.1 Å². The lowest BCUT2D eigenvalue weighted by molar-refractivity contribution is 0.100. The quantitative estimate of drug-likeness (QED) is 0.213. The van der Waals surface area contributed by atoms with Crippen molar-refractivity contribution in [3.63, 3.8) is 0 Å². The third kappa shape index (κ3) is 3.11. The minimum atomic E-state index is -1.11. The fraction of sp³-hybridized carbons (Fsp3) is 0.0556. The van der Waals surface area contributed by atoms with Gasteiger partial charge in [0.05, 0.1) is 6.20 Å². The number of nitrogens with one attached hydrogen (secondary N) is 3. The van der Waals surface area contributed by atoms with Gasteiger partial charge in [-0.1, -0.05) is 0 Å². The first-order chi connectivity index (χ1) is 15.2. The number of aromatic hydroxyl groups is 3. The summed E-state index contributed by atoms with van der Waals surface area (Å²) in [5, 5.41) is 39.0. The Bertz CT molecular complexity index is 1500. The number of nitrogens with two attached hydrogens (primary N) is 1. The second-order valence-electron chi connectivity index (χ2n) is 6.51. The molecule has 0 aliphatic heterocycles. The summed E-state index contributed by atoms with van der Waals surface area (Å²) < 4.78 is 2.21. The standard InChI is InChI=1S/C18H16N8O6/c1-20-10-5-9(23-15-7(14(19)30)6-21-26(10)15)22-8-3-2-4-25(18(8)32)16-12(28)11(27)13(29)17(31)24-16/h2-6,20,28-29H,1H3,(H2,19,30)(H,22,23)(H2,24,27,31). The number of fused-ring (bicyclic) bond motifs is 1. The molecular weight excluding hydrogens is 424 g/mol. The first-order valence-corrected chi connectivity index (χ1v) is 8.95. The van der Waals surface area contributed by atoms with E-state index < -0.39 is 40.1 Å². The Balaban J connectivity index is 1.83. The smallest absolute Gasteiger partial charge is 0.295 e. The lowest BCUT2D eigenvalue weighted by Gasteiger charge is -2.13. The average molecular weight is 440 g/mol. The molecule has 0 aromatic carbocycles. The van der Waals surface area contributed by atoms with Crippen molar-refractivity contribution in [3.8, 4) is 23.1 Å². The second-order valence-corrected chi connectivity index (χ2v) is 6.51. The molecule has 4 aromatic heterocycles. The number of pyridine rings is 2. The predicted molar refractivity (Wildman–Crippen MR) is 112 cm³/mol. The number of aromatic amines is 1. The fourth-order valence-electron chi connectivity index (χ4n) is 3.01. The summed E-state index contributed by atoms with van der Waals surface area (Å²) in [6, 6.07) is 4.36. The Labute approximate surface area is 177 Å². The van der Waals surface area contributed by atoms with Crippen LogP contribution in [0.2, 0.25) is 0 Å². The van der Waals surface area contributed by atoms with Crippen LogP contribution in [-0.2, 0) is 0 Å². The van der Waals surface area contributed by atoms with Crippen LogP contribution in [-0.4, -0.2) is 52.4 Å². The molecule has 164 valence electrons. The van der Waals surface area contributed by atoms with Gasteiger partial charge in [-0.25, -0.2) is 4.98 Å². The molecule has 0 aliphatic carbocycles. The number of nitrogens with zero attached hydrogens (tertiary/aromatic N) is 4. The highest BCUT2D eigenvalue weighted by Crippen LogP contribution is 2.34. The Morgan fingerprint density at radius 1 is 1.19 bits per heavy atom. The topological polar surface area (TPSA) is 213 Å². The summed E-state index contributed by atoms with van der Waals surface area (Å²) in [7, 11) is 1.62. The van der Waals surface area contributed by atoms with Crippen LogP contribution < -0.4 is 27.5 Å². The SMILES string of the molecule is CNc1cc(Nc2cccn(-c3[nH]c(=O)c(O)c(O)c3O)c2=O)nc2c(C(N)=O)cnn12. The first-order valence-electron chi connectivity index (χ1n) is 8.95. The Kier molecular flexibility index (Phi) is 4.66. The van der Waals surface area contributed by atoms with Gasteiger partial charge in [-0.2, -0.15) is 9.61 Å². The third-order valence-corrected chi connectivity index (χ3v) is 4.56. The molecule has 4 rings (SSSR count). The van der Waals surface area contributed by atoms with Crippen LogP contribution in [0.3, 0.4) is 0 Å². The van der Waals surface area contributed by atoms with Crippen LogP contribution in [0.4, 0.5) is 17.3 Å². The van der Waals surface area contributed by atoms with Gasteiger partial charge in [0.1, 0.15) is 22.9 Å². The largest absolute Gasteiger partial charge is 0.502 e. The van der Waals surface area contributed by atoms with E-state index in [0.717, 1.165) is 4.57 Å². The average Bonchev–Trinajstić information content (AvgIpc) is 3.20. The van der Waals surface area contributed by atoms with Gasteiger partial charge in [0.25, 0.3) is 17.0 Å². The highest BCUT2D eigenvalue weighted by Gasteiger charge is 2.19. The van der Waals surface area contributed by atoms with Gasteiger partial charge in [0.2, 0.25) is 17.2 Å². The fourth-order valence-corrected chi connectivity index (χ4v) is 3.01. The third-order valence-electron chi connectivity index (χ3n) is 4.56. The van der Waals surface area contributed by atoms with Crippen LogP contribution in [0.15, 0.2) is 40.2 Å². The molecule has 4 heterocycles. The minimum Gasteiger partial charge on any atom is -0.502 e. The zero-order valence-electron chi connectivity index (χ0n) is 16.3. The number of primary amides is 1. The summed E-state index contributed by atoms with van der Waals surface area (Å²) in [6.07, 6.45) is 2.49. The van der Waals surface area contributed by atoms with Crippen molar-refractivity contribution in [2.75, 3.05) is 17.7 Å². The van der Waals surface area contributed by atoms with Crippen molar-refractivity contribution >= 4 is 28.9 Å². The predicted octanol–water partition coefficient (Wildman–Crippen LogP) is -0.431. The van der Waals surface area contributed by atoms with Crippen molar-refractivity contribution in [2.45, 2.75) is 0 Å². The van der Waals surface area contributed by atoms with Crippen molar-refractivity contribution in [1.82, 2.24) is 24.1 Å². The molecule has 0 saturated heterocycles. The number of anilines is 3. The van der Waals surface area contributed by atoms with E-state index in [1.807, 2.05) is 0 Å². The second kappa shape index (κ2) is 7.35. The number of amides is 1. The van der Waals surface area contributed by atoms with Crippen LogP contribution in [0.25, 0.3) is 11.5 Å². The molecule has 4 aromatic rings. The maximum Gasteiger partial charge on any atom is 0.295 e.